The molecule has 2 N–H and O–H groups in total. The zero-order valence-corrected chi connectivity index (χ0v) is 12.0. The Hall–Kier alpha value is -0.970. The maximum atomic E-state index is 6.08. The fourth-order valence-electron chi connectivity index (χ4n) is 1.45. The van der Waals surface area contributed by atoms with E-state index in [-0.39, 0.29) is 0 Å². The van der Waals surface area contributed by atoms with Crippen molar-refractivity contribution in [2.45, 2.75) is 17.6 Å². The Balaban J connectivity index is 2.13. The topological polar surface area (TPSA) is 51.8 Å². The van der Waals surface area contributed by atoms with E-state index in [4.69, 9.17) is 28.9 Å². The molecule has 0 aliphatic rings. The van der Waals surface area contributed by atoms with Crippen molar-refractivity contribution in [1.29, 1.82) is 0 Å². The fraction of sp³-hybridized carbons (Fsp3) is 0.167. The number of nitrogen functional groups attached to an aromatic ring is 1. The van der Waals surface area contributed by atoms with Crippen LogP contribution in [0.5, 0.6) is 0 Å². The number of rotatable bonds is 3. The van der Waals surface area contributed by atoms with Crippen LogP contribution < -0.4 is 5.73 Å². The molecule has 1 aromatic heterocycles. The number of hydrogen-bond donors (Lipinski definition) is 1. The van der Waals surface area contributed by atoms with Crippen molar-refractivity contribution >= 4 is 40.8 Å². The Morgan fingerprint density at radius 3 is 2.72 bits per heavy atom. The molecule has 1 aromatic carbocycles. The molecule has 2 aromatic rings. The normalized spacial score (nSPS) is 10.6. The molecular formula is C12H11Cl2N3S. The number of halogens is 2. The van der Waals surface area contributed by atoms with Gasteiger partial charge < -0.3 is 5.73 Å². The van der Waals surface area contributed by atoms with Crippen molar-refractivity contribution in [2.75, 3.05) is 5.73 Å². The van der Waals surface area contributed by atoms with E-state index in [9.17, 15) is 0 Å². The van der Waals surface area contributed by atoms with Gasteiger partial charge in [-0.25, -0.2) is 9.97 Å². The SMILES string of the molecule is Cc1cc(N)nc(CSc2cc(Cl)ccc2Cl)n1. The maximum absolute atomic E-state index is 6.08. The van der Waals surface area contributed by atoms with Crippen LogP contribution in [0.1, 0.15) is 11.5 Å². The highest BCUT2D eigenvalue weighted by atomic mass is 35.5. The summed E-state index contributed by atoms with van der Waals surface area (Å²) in [5.41, 5.74) is 6.53. The average molecular weight is 300 g/mol. The van der Waals surface area contributed by atoms with E-state index in [0.29, 0.717) is 27.4 Å². The van der Waals surface area contributed by atoms with E-state index in [1.807, 2.05) is 13.0 Å². The molecule has 0 amide bonds. The van der Waals surface area contributed by atoms with Crippen molar-refractivity contribution in [1.82, 2.24) is 9.97 Å². The lowest BCUT2D eigenvalue weighted by Gasteiger charge is -2.05. The van der Waals surface area contributed by atoms with Crippen LogP contribution in [0.25, 0.3) is 0 Å². The van der Waals surface area contributed by atoms with Crippen LogP contribution in [0.4, 0.5) is 5.82 Å². The fourth-order valence-corrected chi connectivity index (χ4v) is 2.80. The van der Waals surface area contributed by atoms with Crippen molar-refractivity contribution in [3.05, 3.63) is 45.8 Å². The predicted molar refractivity (Wildman–Crippen MR) is 77.2 cm³/mol. The molecule has 0 atom stereocenters. The Morgan fingerprint density at radius 2 is 2.00 bits per heavy atom. The number of benzene rings is 1. The first-order valence-corrected chi connectivity index (χ1v) is 6.96. The molecule has 0 fully saturated rings. The van der Waals surface area contributed by atoms with Crippen molar-refractivity contribution in [3.8, 4) is 0 Å². The molecule has 0 aliphatic carbocycles. The number of thioether (sulfide) groups is 1. The molecule has 0 radical (unpaired) electrons. The third-order valence-corrected chi connectivity index (χ3v) is 3.90. The second-order valence-electron chi connectivity index (χ2n) is 3.71. The smallest absolute Gasteiger partial charge is 0.141 e. The minimum Gasteiger partial charge on any atom is -0.384 e. The van der Waals surface area contributed by atoms with E-state index < -0.39 is 0 Å². The minimum absolute atomic E-state index is 0.482. The Labute approximate surface area is 120 Å². The molecule has 0 aliphatic heterocycles. The Kier molecular flexibility index (Phi) is 4.32. The lowest BCUT2D eigenvalue weighted by molar-refractivity contribution is 1.00. The minimum atomic E-state index is 0.482. The first-order chi connectivity index (χ1) is 8.54. The molecule has 18 heavy (non-hydrogen) atoms. The van der Waals surface area contributed by atoms with Gasteiger partial charge in [-0.05, 0) is 25.1 Å². The number of nitrogens with zero attached hydrogens (tertiary/aromatic N) is 2. The van der Waals surface area contributed by atoms with Gasteiger partial charge in [-0.3, -0.25) is 0 Å². The first-order valence-electron chi connectivity index (χ1n) is 5.22. The van der Waals surface area contributed by atoms with Crippen LogP contribution in [0.2, 0.25) is 10.0 Å². The van der Waals surface area contributed by atoms with Gasteiger partial charge in [0.1, 0.15) is 11.6 Å². The van der Waals surface area contributed by atoms with E-state index >= 15 is 0 Å². The molecule has 0 unspecified atom stereocenters. The monoisotopic (exact) mass is 299 g/mol. The summed E-state index contributed by atoms with van der Waals surface area (Å²) in [5.74, 6) is 1.77. The molecule has 1 heterocycles. The first kappa shape index (κ1) is 13.5. The molecule has 0 saturated heterocycles. The number of hydrogen-bond acceptors (Lipinski definition) is 4. The molecule has 3 nitrogen and oxygen atoms in total. The highest BCUT2D eigenvalue weighted by Crippen LogP contribution is 2.31. The lowest BCUT2D eigenvalue weighted by atomic mass is 10.4. The Bertz CT molecular complexity index is 555. The number of anilines is 1. The largest absolute Gasteiger partial charge is 0.384 e. The third-order valence-electron chi connectivity index (χ3n) is 2.17. The van der Waals surface area contributed by atoms with Crippen LogP contribution in [-0.2, 0) is 5.75 Å². The summed E-state index contributed by atoms with van der Waals surface area (Å²) in [6, 6.07) is 7.10. The second-order valence-corrected chi connectivity index (χ2v) is 5.57. The van der Waals surface area contributed by atoms with Gasteiger partial charge in [-0.1, -0.05) is 23.2 Å². The van der Waals surface area contributed by atoms with E-state index in [1.54, 1.807) is 18.2 Å². The van der Waals surface area contributed by atoms with Crippen molar-refractivity contribution in [3.63, 3.8) is 0 Å². The quantitative estimate of drug-likeness (QED) is 0.872. The highest BCUT2D eigenvalue weighted by Gasteiger charge is 2.05. The van der Waals surface area contributed by atoms with Gasteiger partial charge in [0.2, 0.25) is 0 Å². The molecule has 0 bridgehead atoms. The number of nitrogens with two attached hydrogens (primary N) is 1. The lowest BCUT2D eigenvalue weighted by Crippen LogP contribution is -1.99. The average Bonchev–Trinajstić information content (AvgIpc) is 2.29. The van der Waals surface area contributed by atoms with Crippen molar-refractivity contribution < 1.29 is 0 Å². The molecule has 94 valence electrons. The number of aromatic nitrogens is 2. The summed E-state index contributed by atoms with van der Waals surface area (Å²) >= 11 is 13.5. The van der Waals surface area contributed by atoms with Crippen LogP contribution in [0.3, 0.4) is 0 Å². The van der Waals surface area contributed by atoms with Gasteiger partial charge in [0.05, 0.1) is 10.8 Å². The predicted octanol–water partition coefficient (Wildman–Crippen LogP) is 3.97. The Morgan fingerprint density at radius 1 is 1.22 bits per heavy atom. The van der Waals surface area contributed by atoms with E-state index in [0.717, 1.165) is 10.6 Å². The van der Waals surface area contributed by atoms with E-state index in [2.05, 4.69) is 9.97 Å². The summed E-state index contributed by atoms with van der Waals surface area (Å²) in [5, 5.41) is 1.33. The second kappa shape index (κ2) is 5.78. The summed E-state index contributed by atoms with van der Waals surface area (Å²) in [7, 11) is 0. The number of aryl methyl sites for hydroxylation is 1. The zero-order valence-electron chi connectivity index (χ0n) is 9.65. The van der Waals surface area contributed by atoms with Crippen LogP contribution >= 0.6 is 35.0 Å². The summed E-state index contributed by atoms with van der Waals surface area (Å²) in [6.07, 6.45) is 0. The van der Waals surface area contributed by atoms with Crippen LogP contribution in [-0.4, -0.2) is 9.97 Å². The van der Waals surface area contributed by atoms with Crippen LogP contribution in [0.15, 0.2) is 29.2 Å². The van der Waals surface area contributed by atoms with Gasteiger partial charge in [-0.15, -0.1) is 11.8 Å². The molecular weight excluding hydrogens is 289 g/mol. The van der Waals surface area contributed by atoms with Gasteiger partial charge in [0.15, 0.2) is 0 Å². The molecule has 2 rings (SSSR count). The van der Waals surface area contributed by atoms with Gasteiger partial charge in [-0.2, -0.15) is 0 Å². The van der Waals surface area contributed by atoms with E-state index in [1.165, 1.54) is 11.8 Å². The summed E-state index contributed by atoms with van der Waals surface area (Å²) in [4.78, 5) is 9.39. The summed E-state index contributed by atoms with van der Waals surface area (Å²) in [6.45, 7) is 1.89. The highest BCUT2D eigenvalue weighted by molar-refractivity contribution is 7.98. The standard InChI is InChI=1S/C12H11Cl2N3S/c1-7-4-11(15)17-12(16-7)6-18-10-5-8(13)2-3-9(10)14/h2-5H,6H2,1H3,(H2,15,16,17). The zero-order chi connectivity index (χ0) is 13.1. The van der Waals surface area contributed by atoms with Gasteiger partial charge >= 0.3 is 0 Å². The third kappa shape index (κ3) is 3.51. The van der Waals surface area contributed by atoms with Gasteiger partial charge in [0.25, 0.3) is 0 Å². The molecule has 6 heteroatoms. The van der Waals surface area contributed by atoms with Crippen molar-refractivity contribution in [2.24, 2.45) is 0 Å². The molecule has 0 saturated carbocycles. The van der Waals surface area contributed by atoms with Gasteiger partial charge in [0, 0.05) is 21.7 Å². The van der Waals surface area contributed by atoms with Crippen LogP contribution in [0, 0.1) is 6.92 Å². The summed E-state index contributed by atoms with van der Waals surface area (Å²) < 4.78 is 0. The maximum Gasteiger partial charge on any atom is 0.141 e. The molecule has 0 spiro atoms.